The van der Waals surface area contributed by atoms with Gasteiger partial charge in [0.1, 0.15) is 12.3 Å². The lowest BCUT2D eigenvalue weighted by atomic mass is 9.80. The molecule has 0 radical (unpaired) electrons. The standard InChI is InChI=1S/C18H31FO2/c1-3-5-14-10-11-16(12-17(14)19)21-18(20)15-8-6-13(4-2)7-9-15/h13-17H,3-12H2,1-2H3. The normalized spacial score (nSPS) is 37.2. The summed E-state index contributed by atoms with van der Waals surface area (Å²) >= 11 is 0. The Balaban J connectivity index is 1.74. The summed E-state index contributed by atoms with van der Waals surface area (Å²) in [4.78, 5) is 12.2. The largest absolute Gasteiger partial charge is 0.462 e. The lowest BCUT2D eigenvalue weighted by Gasteiger charge is -2.33. The van der Waals surface area contributed by atoms with E-state index in [1.54, 1.807) is 0 Å². The highest BCUT2D eigenvalue weighted by Crippen LogP contribution is 2.35. The lowest BCUT2D eigenvalue weighted by Crippen LogP contribution is -2.34. The van der Waals surface area contributed by atoms with E-state index in [0.717, 1.165) is 57.3 Å². The van der Waals surface area contributed by atoms with Crippen molar-refractivity contribution in [2.24, 2.45) is 17.8 Å². The number of halogens is 1. The Labute approximate surface area is 128 Å². The molecule has 2 rings (SSSR count). The van der Waals surface area contributed by atoms with Crippen LogP contribution in [0.1, 0.15) is 78.1 Å². The predicted molar refractivity (Wildman–Crippen MR) is 82.8 cm³/mol. The number of ether oxygens (including phenoxy) is 1. The third kappa shape index (κ3) is 4.69. The van der Waals surface area contributed by atoms with Gasteiger partial charge < -0.3 is 4.74 Å². The van der Waals surface area contributed by atoms with Crippen LogP contribution >= 0.6 is 0 Å². The molecule has 0 aromatic heterocycles. The third-order valence-electron chi connectivity index (χ3n) is 5.56. The fourth-order valence-electron chi connectivity index (χ4n) is 4.01. The van der Waals surface area contributed by atoms with Crippen molar-refractivity contribution in [3.8, 4) is 0 Å². The second-order valence-corrected chi connectivity index (χ2v) is 7.06. The van der Waals surface area contributed by atoms with Crippen molar-refractivity contribution in [1.29, 1.82) is 0 Å². The molecule has 0 spiro atoms. The molecular formula is C18H31FO2. The van der Waals surface area contributed by atoms with Crippen LogP contribution in [0.2, 0.25) is 0 Å². The zero-order chi connectivity index (χ0) is 15.2. The van der Waals surface area contributed by atoms with Crippen LogP contribution < -0.4 is 0 Å². The first-order chi connectivity index (χ1) is 10.1. The number of alkyl halides is 1. The summed E-state index contributed by atoms with van der Waals surface area (Å²) in [5, 5.41) is 0. The molecule has 3 unspecified atom stereocenters. The highest BCUT2D eigenvalue weighted by Gasteiger charge is 2.34. The van der Waals surface area contributed by atoms with Gasteiger partial charge in [0.05, 0.1) is 5.92 Å². The summed E-state index contributed by atoms with van der Waals surface area (Å²) in [7, 11) is 0. The zero-order valence-electron chi connectivity index (χ0n) is 13.7. The molecule has 2 nitrogen and oxygen atoms in total. The van der Waals surface area contributed by atoms with Crippen LogP contribution in [0.25, 0.3) is 0 Å². The van der Waals surface area contributed by atoms with Crippen molar-refractivity contribution in [1.82, 2.24) is 0 Å². The summed E-state index contributed by atoms with van der Waals surface area (Å²) in [6, 6.07) is 0. The molecule has 21 heavy (non-hydrogen) atoms. The van der Waals surface area contributed by atoms with Crippen LogP contribution in [-0.4, -0.2) is 18.2 Å². The second kappa shape index (κ2) is 8.14. The van der Waals surface area contributed by atoms with E-state index in [1.165, 1.54) is 6.42 Å². The molecule has 0 N–H and O–H groups in total. The minimum atomic E-state index is -0.785. The topological polar surface area (TPSA) is 26.3 Å². The van der Waals surface area contributed by atoms with E-state index in [-0.39, 0.29) is 23.9 Å². The highest BCUT2D eigenvalue weighted by atomic mass is 19.1. The third-order valence-corrected chi connectivity index (χ3v) is 5.56. The number of carbonyl (C=O) groups is 1. The van der Waals surface area contributed by atoms with Crippen molar-refractivity contribution in [2.75, 3.05) is 0 Å². The SMILES string of the molecule is CCCC1CCC(OC(=O)C2CCC(CC)CC2)CC1F. The lowest BCUT2D eigenvalue weighted by molar-refractivity contribution is -0.158. The summed E-state index contributed by atoms with van der Waals surface area (Å²) in [5.41, 5.74) is 0. The molecule has 3 heteroatoms. The monoisotopic (exact) mass is 298 g/mol. The second-order valence-electron chi connectivity index (χ2n) is 7.06. The van der Waals surface area contributed by atoms with E-state index in [0.29, 0.717) is 6.42 Å². The van der Waals surface area contributed by atoms with Crippen LogP contribution in [0.15, 0.2) is 0 Å². The van der Waals surface area contributed by atoms with Gasteiger partial charge in [0.2, 0.25) is 0 Å². The van der Waals surface area contributed by atoms with Crippen LogP contribution in [0.3, 0.4) is 0 Å². The molecule has 0 aromatic rings. The molecular weight excluding hydrogens is 267 g/mol. The number of carbonyl (C=O) groups excluding carboxylic acids is 1. The average Bonchev–Trinajstić information content (AvgIpc) is 2.50. The van der Waals surface area contributed by atoms with Crippen molar-refractivity contribution in [2.45, 2.75) is 90.3 Å². The molecule has 3 atom stereocenters. The Bertz CT molecular complexity index is 323. The fraction of sp³-hybridized carbons (Fsp3) is 0.944. The van der Waals surface area contributed by atoms with E-state index in [4.69, 9.17) is 4.74 Å². The minimum absolute atomic E-state index is 0.0595. The zero-order valence-corrected chi connectivity index (χ0v) is 13.7. The van der Waals surface area contributed by atoms with E-state index in [2.05, 4.69) is 13.8 Å². The molecule has 122 valence electrons. The molecule has 0 aliphatic heterocycles. The van der Waals surface area contributed by atoms with Crippen molar-refractivity contribution in [3.05, 3.63) is 0 Å². The molecule has 0 bridgehead atoms. The molecule has 2 saturated carbocycles. The van der Waals surface area contributed by atoms with E-state index in [9.17, 15) is 9.18 Å². The number of esters is 1. The van der Waals surface area contributed by atoms with Gasteiger partial charge in [-0.1, -0.05) is 26.7 Å². The summed E-state index contributed by atoms with van der Waals surface area (Å²) < 4.78 is 19.7. The first-order valence-electron chi connectivity index (χ1n) is 8.98. The number of hydrogen-bond donors (Lipinski definition) is 0. The maximum absolute atomic E-state index is 14.1. The quantitative estimate of drug-likeness (QED) is 0.664. The van der Waals surface area contributed by atoms with E-state index < -0.39 is 6.17 Å². The van der Waals surface area contributed by atoms with E-state index >= 15 is 0 Å². The van der Waals surface area contributed by atoms with Gasteiger partial charge in [0, 0.05) is 6.42 Å². The molecule has 2 aliphatic rings. The van der Waals surface area contributed by atoms with Gasteiger partial charge in [-0.15, -0.1) is 0 Å². The van der Waals surface area contributed by atoms with Gasteiger partial charge in [0.15, 0.2) is 0 Å². The highest BCUT2D eigenvalue weighted by molar-refractivity contribution is 5.72. The number of hydrogen-bond acceptors (Lipinski definition) is 2. The van der Waals surface area contributed by atoms with Gasteiger partial charge in [-0.2, -0.15) is 0 Å². The predicted octanol–water partition coefficient (Wildman–Crippen LogP) is 5.05. The minimum Gasteiger partial charge on any atom is -0.462 e. The molecule has 0 heterocycles. The Hall–Kier alpha value is -0.600. The molecule has 0 aromatic carbocycles. The van der Waals surface area contributed by atoms with Crippen LogP contribution in [0.4, 0.5) is 4.39 Å². The molecule has 2 aliphatic carbocycles. The summed E-state index contributed by atoms with van der Waals surface area (Å²) in [6.07, 6.45) is 8.60. The van der Waals surface area contributed by atoms with Crippen LogP contribution in [0, 0.1) is 17.8 Å². The maximum Gasteiger partial charge on any atom is 0.309 e. The maximum atomic E-state index is 14.1. The van der Waals surface area contributed by atoms with Crippen LogP contribution in [-0.2, 0) is 9.53 Å². The van der Waals surface area contributed by atoms with Crippen LogP contribution in [0.5, 0.6) is 0 Å². The van der Waals surface area contributed by atoms with Gasteiger partial charge in [0.25, 0.3) is 0 Å². The van der Waals surface area contributed by atoms with Crippen molar-refractivity contribution < 1.29 is 13.9 Å². The van der Waals surface area contributed by atoms with Gasteiger partial charge >= 0.3 is 5.97 Å². The average molecular weight is 298 g/mol. The number of rotatable bonds is 5. The van der Waals surface area contributed by atoms with Crippen molar-refractivity contribution in [3.63, 3.8) is 0 Å². The summed E-state index contributed by atoms with van der Waals surface area (Å²) in [6.45, 7) is 4.32. The smallest absolute Gasteiger partial charge is 0.309 e. The Morgan fingerprint density at radius 3 is 2.38 bits per heavy atom. The molecule has 0 saturated heterocycles. The Morgan fingerprint density at radius 1 is 1.10 bits per heavy atom. The Morgan fingerprint density at radius 2 is 1.81 bits per heavy atom. The van der Waals surface area contributed by atoms with Gasteiger partial charge in [-0.3, -0.25) is 4.79 Å². The fourth-order valence-corrected chi connectivity index (χ4v) is 4.01. The first kappa shape index (κ1) is 16.8. The van der Waals surface area contributed by atoms with Gasteiger partial charge in [-0.25, -0.2) is 4.39 Å². The Kier molecular flexibility index (Phi) is 6.50. The van der Waals surface area contributed by atoms with Gasteiger partial charge in [-0.05, 0) is 56.8 Å². The summed E-state index contributed by atoms with van der Waals surface area (Å²) in [5.74, 6) is 0.980. The van der Waals surface area contributed by atoms with Crippen molar-refractivity contribution >= 4 is 5.97 Å². The first-order valence-corrected chi connectivity index (χ1v) is 8.98. The van der Waals surface area contributed by atoms with E-state index in [1.807, 2.05) is 0 Å². The molecule has 2 fully saturated rings. The molecule has 0 amide bonds.